The van der Waals surface area contributed by atoms with Gasteiger partial charge in [-0.2, -0.15) is 0 Å². The number of methoxy groups -OCH3 is 2. The van der Waals surface area contributed by atoms with Crippen LogP contribution in [0.25, 0.3) is 0 Å². The van der Waals surface area contributed by atoms with Crippen molar-refractivity contribution < 1.29 is 28.7 Å². The van der Waals surface area contributed by atoms with Crippen LogP contribution in [0, 0.1) is 13.8 Å². The van der Waals surface area contributed by atoms with Gasteiger partial charge in [0.15, 0.2) is 0 Å². The van der Waals surface area contributed by atoms with E-state index in [-0.39, 0.29) is 25.2 Å². The van der Waals surface area contributed by atoms with Gasteiger partial charge < -0.3 is 19.7 Å². The van der Waals surface area contributed by atoms with Crippen molar-refractivity contribution in [1.29, 1.82) is 0 Å². The van der Waals surface area contributed by atoms with E-state index in [1.54, 1.807) is 17.0 Å². The third kappa shape index (κ3) is 8.78. The molecule has 0 saturated carbocycles. The summed E-state index contributed by atoms with van der Waals surface area (Å²) in [7, 11) is 2.72. The summed E-state index contributed by atoms with van der Waals surface area (Å²) in [5, 5.41) is 2.68. The van der Waals surface area contributed by atoms with Gasteiger partial charge in [0.2, 0.25) is 11.8 Å². The molecular formula is C27H35BrN2O6. The zero-order valence-corrected chi connectivity index (χ0v) is 22.1. The fraction of sp³-hybridized carbons (Fsp3) is 0.407. The first kappa shape index (κ1) is 30.8. The Morgan fingerprint density at radius 3 is 1.94 bits per heavy atom. The van der Waals surface area contributed by atoms with Gasteiger partial charge in [-0.3, -0.25) is 9.59 Å². The molecule has 0 radical (unpaired) electrons. The van der Waals surface area contributed by atoms with E-state index in [0.717, 1.165) is 41.4 Å². The summed E-state index contributed by atoms with van der Waals surface area (Å²) >= 11 is 3.27. The van der Waals surface area contributed by atoms with Gasteiger partial charge in [0, 0.05) is 30.4 Å². The molecule has 2 aliphatic heterocycles. The van der Waals surface area contributed by atoms with Gasteiger partial charge in [-0.1, -0.05) is 30.7 Å². The lowest BCUT2D eigenvalue weighted by Crippen LogP contribution is -2.26. The van der Waals surface area contributed by atoms with Gasteiger partial charge in [0.1, 0.15) is 0 Å². The first-order valence-corrected chi connectivity index (χ1v) is 12.1. The van der Waals surface area contributed by atoms with Crippen LogP contribution in [0.5, 0.6) is 0 Å². The van der Waals surface area contributed by atoms with E-state index >= 15 is 0 Å². The molecule has 196 valence electrons. The van der Waals surface area contributed by atoms with Gasteiger partial charge in [0.25, 0.3) is 0 Å². The molecule has 1 N–H and O–H groups in total. The summed E-state index contributed by atoms with van der Waals surface area (Å²) in [4.78, 5) is 46.3. The molecular weight excluding hydrogens is 528 g/mol. The molecule has 0 unspecified atom stereocenters. The molecule has 2 aliphatic rings. The van der Waals surface area contributed by atoms with E-state index in [1.165, 1.54) is 14.2 Å². The first-order chi connectivity index (χ1) is 16.7. The van der Waals surface area contributed by atoms with Crippen LogP contribution in [0.2, 0.25) is 0 Å². The maximum absolute atomic E-state index is 11.7. The molecule has 2 saturated heterocycles. The van der Waals surface area contributed by atoms with E-state index in [2.05, 4.69) is 26.0 Å². The van der Waals surface area contributed by atoms with Gasteiger partial charge in [-0.05, 0) is 66.9 Å². The van der Waals surface area contributed by atoms with Crippen LogP contribution in [0.1, 0.15) is 65.0 Å². The van der Waals surface area contributed by atoms with Crippen molar-refractivity contribution in [3.8, 4) is 0 Å². The number of benzene rings is 2. The Morgan fingerprint density at radius 1 is 0.889 bits per heavy atom. The Kier molecular flexibility index (Phi) is 12.9. The van der Waals surface area contributed by atoms with Crippen LogP contribution < -0.4 is 10.2 Å². The smallest absolute Gasteiger partial charge is 0.339 e. The van der Waals surface area contributed by atoms with Crippen LogP contribution in [0.15, 0.2) is 40.9 Å². The first-order valence-electron chi connectivity index (χ1n) is 11.3. The van der Waals surface area contributed by atoms with Crippen molar-refractivity contribution in [1.82, 2.24) is 5.32 Å². The van der Waals surface area contributed by atoms with Crippen LogP contribution in [-0.2, 0) is 19.1 Å². The second kappa shape index (κ2) is 15.0. The van der Waals surface area contributed by atoms with E-state index in [9.17, 15) is 19.2 Å². The van der Waals surface area contributed by atoms with Gasteiger partial charge in [0.05, 0.1) is 31.0 Å². The summed E-state index contributed by atoms with van der Waals surface area (Å²) in [6.07, 6.45) is 3.15. The highest BCUT2D eigenvalue weighted by Crippen LogP contribution is 2.27. The van der Waals surface area contributed by atoms with Crippen molar-refractivity contribution >= 4 is 45.4 Å². The van der Waals surface area contributed by atoms with Crippen molar-refractivity contribution in [3.05, 3.63) is 63.1 Å². The third-order valence-electron chi connectivity index (χ3n) is 5.35. The van der Waals surface area contributed by atoms with E-state index in [0.29, 0.717) is 29.8 Å². The molecule has 4 rings (SSSR count). The SMILES string of the molecule is C.COC(=O)c1cc(C)ccc1Br.COC(=O)c1cc(C)ccc1N1CCCC1=O.O=C1CCCN1. The third-order valence-corrected chi connectivity index (χ3v) is 6.04. The molecule has 0 atom stereocenters. The highest BCUT2D eigenvalue weighted by atomic mass is 79.9. The van der Waals surface area contributed by atoms with Crippen molar-refractivity contribution in [3.63, 3.8) is 0 Å². The number of halogens is 1. The fourth-order valence-corrected chi connectivity index (χ4v) is 3.94. The average molecular weight is 563 g/mol. The van der Waals surface area contributed by atoms with Gasteiger partial charge in [-0.25, -0.2) is 9.59 Å². The molecule has 8 nitrogen and oxygen atoms in total. The van der Waals surface area contributed by atoms with Crippen molar-refractivity contribution in [2.45, 2.75) is 47.0 Å². The summed E-state index contributed by atoms with van der Waals surface area (Å²) in [6, 6.07) is 11.0. The van der Waals surface area contributed by atoms with Gasteiger partial charge in [-0.15, -0.1) is 0 Å². The summed E-state index contributed by atoms with van der Waals surface area (Å²) < 4.78 is 10.1. The maximum atomic E-state index is 11.7. The minimum atomic E-state index is -0.400. The minimum Gasteiger partial charge on any atom is -0.465 e. The minimum absolute atomic E-state index is 0. The second-order valence-corrected chi connectivity index (χ2v) is 8.94. The van der Waals surface area contributed by atoms with Gasteiger partial charge >= 0.3 is 11.9 Å². The lowest BCUT2D eigenvalue weighted by Gasteiger charge is -2.19. The predicted molar refractivity (Wildman–Crippen MR) is 143 cm³/mol. The number of hydrogen-bond donors (Lipinski definition) is 1. The molecule has 0 aliphatic carbocycles. The number of nitrogens with one attached hydrogen (secondary N) is 1. The summed E-state index contributed by atoms with van der Waals surface area (Å²) in [6.45, 7) is 5.39. The Balaban J connectivity index is 0.000000297. The van der Waals surface area contributed by atoms with Crippen LogP contribution in [0.3, 0.4) is 0 Å². The van der Waals surface area contributed by atoms with Crippen LogP contribution in [-0.4, -0.2) is 51.1 Å². The molecule has 0 bridgehead atoms. The zero-order chi connectivity index (χ0) is 26.0. The number of nitrogens with zero attached hydrogens (tertiary/aromatic N) is 1. The molecule has 0 aromatic heterocycles. The van der Waals surface area contributed by atoms with E-state index in [4.69, 9.17) is 4.74 Å². The standard InChI is InChI=1S/C13H15NO3.C9H9BrO2.C4H7NO.CH4/c1-9-5-6-11(10(8-9)13(16)17-2)14-7-3-4-12(14)15;1-6-3-4-8(10)7(5-6)9(11)12-2;6-4-2-1-3-5-4;/h5-6,8H,3-4,7H2,1-2H3;3-5H,1-2H3;1-3H2,(H,5,6);1H4. The molecule has 2 aromatic carbocycles. The quantitative estimate of drug-likeness (QED) is 0.529. The predicted octanol–water partition coefficient (Wildman–Crippen LogP) is 4.99. The molecule has 0 spiro atoms. The van der Waals surface area contributed by atoms with Crippen molar-refractivity contribution in [2.75, 3.05) is 32.2 Å². The lowest BCUT2D eigenvalue weighted by atomic mass is 10.1. The second-order valence-electron chi connectivity index (χ2n) is 8.09. The molecule has 2 heterocycles. The summed E-state index contributed by atoms with van der Waals surface area (Å²) in [5.74, 6) is -0.442. The highest BCUT2D eigenvalue weighted by Gasteiger charge is 2.26. The number of carbonyl (C=O) groups is 4. The highest BCUT2D eigenvalue weighted by molar-refractivity contribution is 9.10. The number of anilines is 1. The zero-order valence-electron chi connectivity index (χ0n) is 20.5. The Labute approximate surface area is 221 Å². The maximum Gasteiger partial charge on any atom is 0.339 e. The number of carbonyl (C=O) groups excluding carboxylic acids is 4. The largest absolute Gasteiger partial charge is 0.465 e. The molecule has 2 aromatic rings. The Hall–Kier alpha value is -3.20. The normalized spacial score (nSPS) is 13.9. The Bertz CT molecular complexity index is 1080. The van der Waals surface area contributed by atoms with Crippen molar-refractivity contribution in [2.24, 2.45) is 0 Å². The van der Waals surface area contributed by atoms with Crippen LogP contribution >= 0.6 is 15.9 Å². The lowest BCUT2D eigenvalue weighted by molar-refractivity contribution is -0.119. The number of esters is 2. The Morgan fingerprint density at radius 2 is 1.47 bits per heavy atom. The molecule has 36 heavy (non-hydrogen) atoms. The number of amides is 2. The number of hydrogen-bond acceptors (Lipinski definition) is 6. The van der Waals surface area contributed by atoms with E-state index in [1.807, 2.05) is 38.1 Å². The average Bonchev–Trinajstić information content (AvgIpc) is 3.51. The number of ether oxygens (including phenoxy) is 2. The topological polar surface area (TPSA) is 102 Å². The number of aryl methyl sites for hydroxylation is 2. The fourth-order valence-electron chi connectivity index (χ4n) is 3.53. The molecule has 9 heteroatoms. The van der Waals surface area contributed by atoms with E-state index < -0.39 is 5.97 Å². The number of rotatable bonds is 3. The molecule has 2 fully saturated rings. The summed E-state index contributed by atoms with van der Waals surface area (Å²) in [5.41, 5.74) is 3.70. The van der Waals surface area contributed by atoms with Crippen LogP contribution in [0.4, 0.5) is 5.69 Å². The monoisotopic (exact) mass is 562 g/mol. The molecule has 2 amide bonds.